The van der Waals surface area contributed by atoms with Gasteiger partial charge in [0.1, 0.15) is 16.4 Å². The normalized spacial score (nSPS) is 17.3. The van der Waals surface area contributed by atoms with Crippen LogP contribution in [0.3, 0.4) is 0 Å². The van der Waals surface area contributed by atoms with E-state index in [2.05, 4.69) is 4.98 Å². The van der Waals surface area contributed by atoms with Crippen molar-refractivity contribution in [1.82, 2.24) is 14.8 Å². The number of benzene rings is 1. The molecular weight excluding hydrogens is 392 g/mol. The number of piperazine rings is 1. The third kappa shape index (κ3) is 4.44. The summed E-state index contributed by atoms with van der Waals surface area (Å²) in [6.45, 7) is 0.957. The van der Waals surface area contributed by atoms with Gasteiger partial charge in [0.15, 0.2) is 0 Å². The molecule has 1 aliphatic heterocycles. The molecule has 1 aromatic heterocycles. The van der Waals surface area contributed by atoms with Gasteiger partial charge in [0, 0.05) is 30.9 Å². The summed E-state index contributed by atoms with van der Waals surface area (Å²) in [4.78, 5) is 20.7. The second kappa shape index (κ2) is 8.84. The van der Waals surface area contributed by atoms with Gasteiger partial charge in [0.25, 0.3) is 5.91 Å². The molecule has 154 valence electrons. The Morgan fingerprint density at radius 1 is 1.28 bits per heavy atom. The van der Waals surface area contributed by atoms with Crippen molar-refractivity contribution in [3.63, 3.8) is 0 Å². The average Bonchev–Trinajstić information content (AvgIpc) is 3.26. The van der Waals surface area contributed by atoms with E-state index in [-0.39, 0.29) is 24.1 Å². The Hall–Kier alpha value is -3.24. The smallest absolute Gasteiger partial charge is 0.266 e. The number of rotatable bonds is 5. The van der Waals surface area contributed by atoms with Crippen molar-refractivity contribution in [3.8, 4) is 5.75 Å². The maximum atomic E-state index is 12.7. The SMILES string of the molecule is NC(N)=C(/C=C(\N)c1ccccc1O)N1CCN(C(=O)c2cncs2)C(CO)C1. The molecule has 9 nitrogen and oxygen atoms in total. The van der Waals surface area contributed by atoms with E-state index in [0.29, 0.717) is 41.5 Å². The first-order valence-electron chi connectivity index (χ1n) is 8.98. The molecule has 29 heavy (non-hydrogen) atoms. The van der Waals surface area contributed by atoms with Crippen LogP contribution in [0.5, 0.6) is 5.75 Å². The number of hydrogen-bond donors (Lipinski definition) is 5. The summed E-state index contributed by atoms with van der Waals surface area (Å²) in [7, 11) is 0. The first-order chi connectivity index (χ1) is 13.9. The van der Waals surface area contributed by atoms with E-state index in [0.717, 1.165) is 0 Å². The van der Waals surface area contributed by atoms with E-state index in [1.807, 2.05) is 4.90 Å². The van der Waals surface area contributed by atoms with Gasteiger partial charge in [0.2, 0.25) is 0 Å². The first kappa shape index (κ1) is 20.5. The Bertz CT molecular complexity index is 924. The number of aromatic nitrogens is 1. The summed E-state index contributed by atoms with van der Waals surface area (Å²) in [6, 6.07) is 6.25. The fourth-order valence-corrected chi connectivity index (χ4v) is 3.84. The molecule has 3 rings (SSSR count). The molecule has 1 atom stereocenters. The van der Waals surface area contributed by atoms with Crippen molar-refractivity contribution in [2.75, 3.05) is 26.2 Å². The van der Waals surface area contributed by atoms with Crippen molar-refractivity contribution < 1.29 is 15.0 Å². The number of amides is 1. The summed E-state index contributed by atoms with van der Waals surface area (Å²) >= 11 is 1.26. The van der Waals surface area contributed by atoms with Gasteiger partial charge in [-0.15, -0.1) is 11.3 Å². The highest BCUT2D eigenvalue weighted by molar-refractivity contribution is 7.11. The van der Waals surface area contributed by atoms with Crippen LogP contribution in [0.1, 0.15) is 15.2 Å². The van der Waals surface area contributed by atoms with Gasteiger partial charge < -0.3 is 37.2 Å². The molecular formula is C19H24N6O3S. The topological polar surface area (TPSA) is 155 Å². The standard InChI is InChI=1S/C19H24N6O3S/c20-14(13-3-1-2-4-16(13)27)7-15(18(21)22)24-5-6-25(12(9-24)10-26)19(28)17-8-23-11-29-17/h1-4,7-8,11-12,26-27H,5-6,9-10,20-22H2/b14-7-. The monoisotopic (exact) mass is 416 g/mol. The minimum atomic E-state index is -0.438. The van der Waals surface area contributed by atoms with Crippen LogP contribution < -0.4 is 17.2 Å². The average molecular weight is 417 g/mol. The number of nitrogens with two attached hydrogens (primary N) is 3. The molecule has 0 spiro atoms. The van der Waals surface area contributed by atoms with Crippen LogP contribution in [0.25, 0.3) is 5.70 Å². The van der Waals surface area contributed by atoms with E-state index in [4.69, 9.17) is 17.2 Å². The summed E-state index contributed by atoms with van der Waals surface area (Å²) < 4.78 is 0. The summed E-state index contributed by atoms with van der Waals surface area (Å²) in [5, 5.41) is 19.9. The maximum absolute atomic E-state index is 12.7. The van der Waals surface area contributed by atoms with Crippen molar-refractivity contribution in [2.45, 2.75) is 6.04 Å². The number of hydrogen-bond acceptors (Lipinski definition) is 9. The molecule has 10 heteroatoms. The highest BCUT2D eigenvalue weighted by atomic mass is 32.1. The number of thiazole rings is 1. The zero-order valence-electron chi connectivity index (χ0n) is 15.7. The van der Waals surface area contributed by atoms with Gasteiger partial charge >= 0.3 is 0 Å². The molecule has 1 fully saturated rings. The minimum absolute atomic E-state index is 0.0457. The van der Waals surface area contributed by atoms with E-state index in [9.17, 15) is 15.0 Å². The number of carbonyl (C=O) groups is 1. The van der Waals surface area contributed by atoms with Crippen LogP contribution >= 0.6 is 11.3 Å². The summed E-state index contributed by atoms with van der Waals surface area (Å²) in [5.74, 6) is -0.0617. The highest BCUT2D eigenvalue weighted by Gasteiger charge is 2.32. The number of allylic oxidation sites excluding steroid dienone is 1. The lowest BCUT2D eigenvalue weighted by atomic mass is 10.1. The molecule has 1 aromatic carbocycles. The molecule has 1 aliphatic rings. The van der Waals surface area contributed by atoms with E-state index in [1.54, 1.807) is 34.7 Å². The summed E-state index contributed by atoms with van der Waals surface area (Å²) in [6.07, 6.45) is 3.12. The Labute approximate surface area is 172 Å². The van der Waals surface area contributed by atoms with Gasteiger partial charge in [-0.05, 0) is 18.2 Å². The molecule has 0 aliphatic carbocycles. The van der Waals surface area contributed by atoms with Crippen LogP contribution in [-0.2, 0) is 0 Å². The lowest BCUT2D eigenvalue weighted by Gasteiger charge is -2.42. The zero-order chi connectivity index (χ0) is 21.0. The minimum Gasteiger partial charge on any atom is -0.507 e. The second-order valence-corrected chi connectivity index (χ2v) is 7.49. The zero-order valence-corrected chi connectivity index (χ0v) is 16.5. The van der Waals surface area contributed by atoms with Crippen molar-refractivity contribution in [1.29, 1.82) is 0 Å². The second-order valence-electron chi connectivity index (χ2n) is 6.60. The van der Waals surface area contributed by atoms with Crippen molar-refractivity contribution >= 4 is 22.9 Å². The lowest BCUT2D eigenvalue weighted by Crippen LogP contribution is -2.56. The van der Waals surface area contributed by atoms with E-state index < -0.39 is 6.04 Å². The third-order valence-corrected chi connectivity index (χ3v) is 5.50. The lowest BCUT2D eigenvalue weighted by molar-refractivity contribution is 0.0378. The van der Waals surface area contributed by atoms with Crippen LogP contribution in [0.4, 0.5) is 0 Å². The number of aromatic hydroxyl groups is 1. The van der Waals surface area contributed by atoms with Gasteiger partial charge in [-0.25, -0.2) is 0 Å². The van der Waals surface area contributed by atoms with Crippen LogP contribution in [0.2, 0.25) is 0 Å². The number of carbonyl (C=O) groups excluding carboxylic acids is 1. The Morgan fingerprint density at radius 2 is 2.03 bits per heavy atom. The fourth-order valence-electron chi connectivity index (χ4n) is 3.26. The van der Waals surface area contributed by atoms with Crippen LogP contribution in [-0.4, -0.2) is 63.2 Å². The van der Waals surface area contributed by atoms with E-state index in [1.165, 1.54) is 23.6 Å². The molecule has 0 saturated carbocycles. The number of aliphatic hydroxyl groups excluding tert-OH is 1. The number of phenols is 1. The number of phenolic OH excluding ortho intramolecular Hbond substituents is 1. The Morgan fingerprint density at radius 3 is 2.66 bits per heavy atom. The van der Waals surface area contributed by atoms with Gasteiger partial charge in [-0.1, -0.05) is 12.1 Å². The van der Waals surface area contributed by atoms with Crippen LogP contribution in [0.15, 0.2) is 53.6 Å². The van der Waals surface area contributed by atoms with Crippen molar-refractivity contribution in [3.05, 3.63) is 64.0 Å². The third-order valence-electron chi connectivity index (χ3n) is 4.74. The fraction of sp³-hybridized carbons (Fsp3) is 0.263. The summed E-state index contributed by atoms with van der Waals surface area (Å²) in [5.41, 5.74) is 20.8. The highest BCUT2D eigenvalue weighted by Crippen LogP contribution is 2.25. The predicted molar refractivity (Wildman–Crippen MR) is 111 cm³/mol. The number of aliphatic hydroxyl groups is 1. The molecule has 2 heterocycles. The van der Waals surface area contributed by atoms with Crippen molar-refractivity contribution in [2.24, 2.45) is 17.2 Å². The largest absolute Gasteiger partial charge is 0.507 e. The molecule has 1 saturated heterocycles. The van der Waals surface area contributed by atoms with Gasteiger partial charge in [-0.2, -0.15) is 0 Å². The van der Waals surface area contributed by atoms with E-state index >= 15 is 0 Å². The quantitative estimate of drug-likeness (QED) is 0.428. The molecule has 2 aromatic rings. The molecule has 0 radical (unpaired) electrons. The van der Waals surface area contributed by atoms with Gasteiger partial charge in [-0.3, -0.25) is 9.78 Å². The first-order valence-corrected chi connectivity index (χ1v) is 9.86. The molecule has 1 unspecified atom stereocenters. The van der Waals surface area contributed by atoms with Gasteiger partial charge in [0.05, 0.1) is 30.1 Å². The number of nitrogens with zero attached hydrogens (tertiary/aromatic N) is 3. The van der Waals surface area contributed by atoms with Crippen LogP contribution in [0, 0.1) is 0 Å². The molecule has 1 amide bonds. The molecule has 0 bridgehead atoms. The molecule has 8 N–H and O–H groups in total. The Balaban J connectivity index is 1.82. The number of para-hydroxylation sites is 1. The Kier molecular flexibility index (Phi) is 6.25. The maximum Gasteiger partial charge on any atom is 0.266 e. The predicted octanol–water partition coefficient (Wildman–Crippen LogP) is 0.0537.